The molecule has 1 saturated heterocycles. The zero-order valence-electron chi connectivity index (χ0n) is 10.8. The molecule has 1 aliphatic rings. The molecule has 6 heteroatoms. The van der Waals surface area contributed by atoms with E-state index in [1.54, 1.807) is 47.8 Å². The zero-order valence-corrected chi connectivity index (χ0v) is 10.8. The maximum atomic E-state index is 12.2. The van der Waals surface area contributed by atoms with Crippen LogP contribution < -0.4 is 4.74 Å². The summed E-state index contributed by atoms with van der Waals surface area (Å²) in [6.07, 6.45) is 5.59. The molecule has 2 aromatic heterocycles. The third-order valence-corrected chi connectivity index (χ3v) is 3.18. The maximum absolute atomic E-state index is 12.2. The molecule has 6 nitrogen and oxygen atoms in total. The monoisotopic (exact) mass is 270 g/mol. The first kappa shape index (κ1) is 12.5. The summed E-state index contributed by atoms with van der Waals surface area (Å²) in [4.78, 5) is 18.0. The largest absolute Gasteiger partial charge is 0.471 e. The molecule has 0 saturated carbocycles. The van der Waals surface area contributed by atoms with Gasteiger partial charge in [-0.25, -0.2) is 0 Å². The molecule has 0 radical (unpaired) electrons. The van der Waals surface area contributed by atoms with Crippen molar-refractivity contribution in [3.8, 4) is 5.88 Å². The molecule has 1 fully saturated rings. The summed E-state index contributed by atoms with van der Waals surface area (Å²) in [6.45, 7) is 1.24. The summed E-state index contributed by atoms with van der Waals surface area (Å²) < 4.78 is 5.71. The minimum Gasteiger partial charge on any atom is -0.471 e. The summed E-state index contributed by atoms with van der Waals surface area (Å²) in [5, 5.41) is 7.65. The highest BCUT2D eigenvalue weighted by molar-refractivity contribution is 5.94. The van der Waals surface area contributed by atoms with Gasteiger partial charge in [-0.15, -0.1) is 5.10 Å². The second-order valence-corrected chi connectivity index (χ2v) is 4.58. The normalized spacial score (nSPS) is 18.0. The SMILES string of the molecule is O=C(c1cccnc1)N1CCC(Oc2cccnn2)C1. The molecule has 20 heavy (non-hydrogen) atoms. The number of pyridine rings is 1. The molecule has 0 aliphatic carbocycles. The van der Waals surface area contributed by atoms with Crippen LogP contribution in [0.5, 0.6) is 5.88 Å². The molecule has 3 heterocycles. The number of likely N-dealkylation sites (tertiary alicyclic amines) is 1. The van der Waals surface area contributed by atoms with Gasteiger partial charge >= 0.3 is 0 Å². The molecule has 3 rings (SSSR count). The maximum Gasteiger partial charge on any atom is 0.255 e. The lowest BCUT2D eigenvalue weighted by Crippen LogP contribution is -2.31. The van der Waals surface area contributed by atoms with Gasteiger partial charge < -0.3 is 9.64 Å². The number of nitrogens with zero attached hydrogens (tertiary/aromatic N) is 4. The van der Waals surface area contributed by atoms with Crippen LogP contribution >= 0.6 is 0 Å². The second-order valence-electron chi connectivity index (χ2n) is 4.58. The van der Waals surface area contributed by atoms with Crippen LogP contribution in [0.15, 0.2) is 42.9 Å². The van der Waals surface area contributed by atoms with Crippen LogP contribution in [-0.4, -0.2) is 45.2 Å². The standard InChI is InChI=1S/C14H14N4O2/c19-14(11-3-1-6-15-9-11)18-8-5-12(10-18)20-13-4-2-7-16-17-13/h1-4,6-7,9,12H,5,8,10H2. The molecular formula is C14H14N4O2. The summed E-state index contributed by atoms with van der Waals surface area (Å²) in [5.41, 5.74) is 0.604. The van der Waals surface area contributed by atoms with Crippen LogP contribution in [0.25, 0.3) is 0 Å². The van der Waals surface area contributed by atoms with Crippen LogP contribution in [0, 0.1) is 0 Å². The summed E-state index contributed by atoms with van der Waals surface area (Å²) in [5.74, 6) is 0.483. The number of rotatable bonds is 3. The minimum absolute atomic E-state index is 0.0108. The Kier molecular flexibility index (Phi) is 3.54. The van der Waals surface area contributed by atoms with Gasteiger partial charge in [0.15, 0.2) is 0 Å². The van der Waals surface area contributed by atoms with E-state index in [1.165, 1.54) is 0 Å². The molecule has 1 unspecified atom stereocenters. The Labute approximate surface area is 116 Å². The Balaban J connectivity index is 1.61. The number of carbonyl (C=O) groups excluding carboxylic acids is 1. The fourth-order valence-corrected chi connectivity index (χ4v) is 2.20. The van der Waals surface area contributed by atoms with Crippen molar-refractivity contribution < 1.29 is 9.53 Å². The number of hydrogen-bond donors (Lipinski definition) is 0. The molecule has 2 aromatic rings. The van der Waals surface area contributed by atoms with Crippen molar-refractivity contribution in [1.82, 2.24) is 20.1 Å². The average molecular weight is 270 g/mol. The van der Waals surface area contributed by atoms with Crippen LogP contribution in [0.3, 0.4) is 0 Å². The van der Waals surface area contributed by atoms with E-state index in [2.05, 4.69) is 15.2 Å². The van der Waals surface area contributed by atoms with Crippen molar-refractivity contribution in [2.24, 2.45) is 0 Å². The Morgan fingerprint density at radius 3 is 2.95 bits per heavy atom. The van der Waals surface area contributed by atoms with E-state index in [1.807, 2.05) is 0 Å². The lowest BCUT2D eigenvalue weighted by atomic mass is 10.2. The molecule has 1 atom stereocenters. The van der Waals surface area contributed by atoms with Crippen LogP contribution in [0.2, 0.25) is 0 Å². The number of ether oxygens (including phenoxy) is 1. The van der Waals surface area contributed by atoms with E-state index in [0.29, 0.717) is 24.5 Å². The van der Waals surface area contributed by atoms with Gasteiger partial charge in [0.2, 0.25) is 5.88 Å². The van der Waals surface area contributed by atoms with Gasteiger partial charge in [0, 0.05) is 37.6 Å². The predicted molar refractivity (Wildman–Crippen MR) is 71.2 cm³/mol. The van der Waals surface area contributed by atoms with Gasteiger partial charge in [-0.1, -0.05) is 0 Å². The fourth-order valence-electron chi connectivity index (χ4n) is 2.20. The van der Waals surface area contributed by atoms with Crippen LogP contribution in [-0.2, 0) is 0 Å². The molecule has 1 aliphatic heterocycles. The van der Waals surface area contributed by atoms with Crippen molar-refractivity contribution >= 4 is 5.91 Å². The third-order valence-electron chi connectivity index (χ3n) is 3.18. The van der Waals surface area contributed by atoms with E-state index in [-0.39, 0.29) is 12.0 Å². The van der Waals surface area contributed by atoms with Gasteiger partial charge in [0.05, 0.1) is 12.1 Å². The first-order chi connectivity index (χ1) is 9.83. The molecular weight excluding hydrogens is 256 g/mol. The van der Waals surface area contributed by atoms with Crippen molar-refractivity contribution in [2.75, 3.05) is 13.1 Å². The molecule has 0 spiro atoms. The van der Waals surface area contributed by atoms with Gasteiger partial charge in [0.1, 0.15) is 6.10 Å². The predicted octanol–water partition coefficient (Wildman–Crippen LogP) is 1.17. The Hall–Kier alpha value is -2.50. The van der Waals surface area contributed by atoms with Crippen LogP contribution in [0.4, 0.5) is 0 Å². The fraction of sp³-hybridized carbons (Fsp3) is 0.286. The highest BCUT2D eigenvalue weighted by Gasteiger charge is 2.28. The number of hydrogen-bond acceptors (Lipinski definition) is 5. The molecule has 0 aromatic carbocycles. The molecule has 0 N–H and O–H groups in total. The second kappa shape index (κ2) is 5.64. The third kappa shape index (κ3) is 2.74. The number of amides is 1. The van der Waals surface area contributed by atoms with Crippen LogP contribution in [0.1, 0.15) is 16.8 Å². The van der Waals surface area contributed by atoms with E-state index in [4.69, 9.17) is 4.74 Å². The van der Waals surface area contributed by atoms with Gasteiger partial charge in [-0.2, -0.15) is 5.10 Å². The Morgan fingerprint density at radius 2 is 2.20 bits per heavy atom. The Morgan fingerprint density at radius 1 is 1.30 bits per heavy atom. The lowest BCUT2D eigenvalue weighted by Gasteiger charge is -2.16. The highest BCUT2D eigenvalue weighted by atomic mass is 16.5. The zero-order chi connectivity index (χ0) is 13.8. The van der Waals surface area contributed by atoms with Crippen molar-refractivity contribution in [1.29, 1.82) is 0 Å². The van der Waals surface area contributed by atoms with E-state index >= 15 is 0 Å². The van der Waals surface area contributed by atoms with Gasteiger partial charge in [0.25, 0.3) is 5.91 Å². The Bertz CT molecular complexity index is 576. The van der Waals surface area contributed by atoms with E-state index in [0.717, 1.165) is 6.42 Å². The average Bonchev–Trinajstić information content (AvgIpc) is 2.97. The molecule has 102 valence electrons. The van der Waals surface area contributed by atoms with Gasteiger partial charge in [-0.05, 0) is 18.2 Å². The molecule has 1 amide bonds. The number of carbonyl (C=O) groups is 1. The van der Waals surface area contributed by atoms with Crippen molar-refractivity contribution in [2.45, 2.75) is 12.5 Å². The minimum atomic E-state index is -0.0349. The summed E-state index contributed by atoms with van der Waals surface area (Å²) in [6, 6.07) is 7.07. The number of aromatic nitrogens is 3. The lowest BCUT2D eigenvalue weighted by molar-refractivity contribution is 0.0770. The van der Waals surface area contributed by atoms with Gasteiger partial charge in [-0.3, -0.25) is 9.78 Å². The van der Waals surface area contributed by atoms with Crippen molar-refractivity contribution in [3.63, 3.8) is 0 Å². The first-order valence-electron chi connectivity index (χ1n) is 6.46. The van der Waals surface area contributed by atoms with E-state index < -0.39 is 0 Å². The smallest absolute Gasteiger partial charge is 0.255 e. The molecule has 0 bridgehead atoms. The van der Waals surface area contributed by atoms with E-state index in [9.17, 15) is 4.79 Å². The highest BCUT2D eigenvalue weighted by Crippen LogP contribution is 2.17. The summed E-state index contributed by atoms with van der Waals surface area (Å²) >= 11 is 0. The van der Waals surface area contributed by atoms with Crippen molar-refractivity contribution in [3.05, 3.63) is 48.4 Å². The first-order valence-corrected chi connectivity index (χ1v) is 6.46. The topological polar surface area (TPSA) is 68.2 Å². The summed E-state index contributed by atoms with van der Waals surface area (Å²) in [7, 11) is 0. The quantitative estimate of drug-likeness (QED) is 0.837.